The molecule has 0 aromatic heterocycles. The molecule has 0 aliphatic carbocycles. The lowest BCUT2D eigenvalue weighted by molar-refractivity contribution is -0.123. The number of carbonyl (C=O) groups is 1. The number of carbonyl (C=O) groups excluding carboxylic acids is 1. The highest BCUT2D eigenvalue weighted by Crippen LogP contribution is 2.23. The molecule has 1 saturated heterocycles. The van der Waals surface area contributed by atoms with Crippen molar-refractivity contribution in [1.82, 2.24) is 10.6 Å². The number of methoxy groups -OCH3 is 1. The van der Waals surface area contributed by atoms with Gasteiger partial charge in [0.15, 0.2) is 0 Å². The van der Waals surface area contributed by atoms with Crippen LogP contribution in [0.15, 0.2) is 28.7 Å². The van der Waals surface area contributed by atoms with Gasteiger partial charge < -0.3 is 15.4 Å². The second kappa shape index (κ2) is 6.50. The standard InChI is InChI=1S/C14H19BrN2O2/c1-9(11-5-3-4-6-12(11)15)17-14(18)13-7-10(19-2)8-16-13/h3-6,9-10,13,16H,7-8H2,1-2H3,(H,17,18)/t9-,10?,13?/m1/s1. The predicted octanol–water partition coefficient (Wildman–Crippen LogP) is 2.00. The first kappa shape index (κ1) is 14.5. The largest absolute Gasteiger partial charge is 0.380 e. The number of ether oxygens (including phenoxy) is 1. The van der Waals surface area contributed by atoms with Crippen molar-refractivity contribution in [2.75, 3.05) is 13.7 Å². The summed E-state index contributed by atoms with van der Waals surface area (Å²) in [7, 11) is 1.68. The van der Waals surface area contributed by atoms with Crippen molar-refractivity contribution in [2.24, 2.45) is 0 Å². The maximum Gasteiger partial charge on any atom is 0.237 e. The lowest BCUT2D eigenvalue weighted by Crippen LogP contribution is -2.41. The minimum absolute atomic E-state index is 0.0218. The van der Waals surface area contributed by atoms with Gasteiger partial charge in [-0.25, -0.2) is 0 Å². The molecule has 3 atom stereocenters. The molecule has 2 rings (SSSR count). The first-order valence-corrected chi connectivity index (χ1v) is 7.22. The summed E-state index contributed by atoms with van der Waals surface area (Å²) >= 11 is 3.50. The number of nitrogens with one attached hydrogen (secondary N) is 2. The Hall–Kier alpha value is -0.910. The second-order valence-electron chi connectivity index (χ2n) is 4.81. The van der Waals surface area contributed by atoms with Gasteiger partial charge >= 0.3 is 0 Å². The summed E-state index contributed by atoms with van der Waals surface area (Å²) in [6.45, 7) is 2.72. The van der Waals surface area contributed by atoms with E-state index in [-0.39, 0.29) is 24.1 Å². The number of rotatable bonds is 4. The van der Waals surface area contributed by atoms with Gasteiger partial charge in [0.25, 0.3) is 0 Å². The zero-order valence-corrected chi connectivity index (χ0v) is 12.7. The second-order valence-corrected chi connectivity index (χ2v) is 5.66. The highest BCUT2D eigenvalue weighted by atomic mass is 79.9. The van der Waals surface area contributed by atoms with Crippen LogP contribution in [0.2, 0.25) is 0 Å². The summed E-state index contributed by atoms with van der Waals surface area (Å²) in [6.07, 6.45) is 0.861. The van der Waals surface area contributed by atoms with Crippen molar-refractivity contribution in [2.45, 2.75) is 31.5 Å². The molecule has 1 heterocycles. The van der Waals surface area contributed by atoms with Crippen LogP contribution in [0.4, 0.5) is 0 Å². The highest BCUT2D eigenvalue weighted by molar-refractivity contribution is 9.10. The summed E-state index contributed by atoms with van der Waals surface area (Å²) in [6, 6.07) is 7.74. The van der Waals surface area contributed by atoms with E-state index in [9.17, 15) is 4.79 Å². The van der Waals surface area contributed by atoms with E-state index < -0.39 is 0 Å². The number of hydrogen-bond acceptors (Lipinski definition) is 3. The zero-order chi connectivity index (χ0) is 13.8. The third-order valence-corrected chi connectivity index (χ3v) is 4.19. The molecule has 1 aliphatic heterocycles. The average molecular weight is 327 g/mol. The molecule has 4 nitrogen and oxygen atoms in total. The number of hydrogen-bond donors (Lipinski definition) is 2. The van der Waals surface area contributed by atoms with Crippen molar-refractivity contribution < 1.29 is 9.53 Å². The summed E-state index contributed by atoms with van der Waals surface area (Å²) in [5.41, 5.74) is 1.08. The summed E-state index contributed by atoms with van der Waals surface area (Å²) in [5, 5.41) is 6.22. The topological polar surface area (TPSA) is 50.4 Å². The minimum Gasteiger partial charge on any atom is -0.380 e. The van der Waals surface area contributed by atoms with Crippen LogP contribution in [0.25, 0.3) is 0 Å². The van der Waals surface area contributed by atoms with E-state index in [1.165, 1.54) is 0 Å². The molecule has 1 amide bonds. The monoisotopic (exact) mass is 326 g/mol. The van der Waals surface area contributed by atoms with Crippen molar-refractivity contribution in [3.8, 4) is 0 Å². The molecule has 1 aromatic rings. The van der Waals surface area contributed by atoms with Crippen molar-refractivity contribution >= 4 is 21.8 Å². The molecule has 1 fully saturated rings. The summed E-state index contributed by atoms with van der Waals surface area (Å²) < 4.78 is 6.26. The third kappa shape index (κ3) is 3.55. The molecule has 1 aromatic carbocycles. The van der Waals surface area contributed by atoms with E-state index in [4.69, 9.17) is 4.74 Å². The first-order valence-electron chi connectivity index (χ1n) is 6.42. The molecule has 19 heavy (non-hydrogen) atoms. The molecule has 104 valence electrons. The van der Waals surface area contributed by atoms with Crippen LogP contribution in [-0.2, 0) is 9.53 Å². The molecule has 1 aliphatic rings. The Morgan fingerprint density at radius 3 is 2.89 bits per heavy atom. The molecule has 0 radical (unpaired) electrons. The number of amides is 1. The normalized spacial score (nSPS) is 24.2. The Morgan fingerprint density at radius 2 is 2.26 bits per heavy atom. The molecular weight excluding hydrogens is 308 g/mol. The van der Waals surface area contributed by atoms with Gasteiger partial charge in [-0.3, -0.25) is 4.79 Å². The van der Waals surface area contributed by atoms with E-state index in [2.05, 4.69) is 26.6 Å². The van der Waals surface area contributed by atoms with Gasteiger partial charge in [-0.1, -0.05) is 34.1 Å². The third-order valence-electron chi connectivity index (χ3n) is 3.47. The van der Waals surface area contributed by atoms with E-state index in [1.807, 2.05) is 31.2 Å². The molecule has 2 N–H and O–H groups in total. The van der Waals surface area contributed by atoms with Crippen LogP contribution in [0, 0.1) is 0 Å². The lowest BCUT2D eigenvalue weighted by atomic mass is 10.1. The maximum absolute atomic E-state index is 12.2. The van der Waals surface area contributed by atoms with Crippen LogP contribution in [0.3, 0.4) is 0 Å². The Balaban J connectivity index is 1.94. The van der Waals surface area contributed by atoms with E-state index >= 15 is 0 Å². The first-order chi connectivity index (χ1) is 9.11. The van der Waals surface area contributed by atoms with E-state index in [0.29, 0.717) is 0 Å². The van der Waals surface area contributed by atoms with Gasteiger partial charge in [0, 0.05) is 18.1 Å². The minimum atomic E-state index is -0.158. The fourth-order valence-electron chi connectivity index (χ4n) is 2.30. The smallest absolute Gasteiger partial charge is 0.237 e. The Kier molecular flexibility index (Phi) is 4.96. The maximum atomic E-state index is 12.2. The van der Waals surface area contributed by atoms with E-state index in [0.717, 1.165) is 23.0 Å². The fourth-order valence-corrected chi connectivity index (χ4v) is 2.93. The van der Waals surface area contributed by atoms with Crippen LogP contribution in [-0.4, -0.2) is 31.7 Å². The van der Waals surface area contributed by atoms with Crippen LogP contribution < -0.4 is 10.6 Å². The Bertz CT molecular complexity index is 453. The quantitative estimate of drug-likeness (QED) is 0.889. The summed E-state index contributed by atoms with van der Waals surface area (Å²) in [4.78, 5) is 12.2. The number of benzene rings is 1. The van der Waals surface area contributed by atoms with Gasteiger partial charge in [-0.2, -0.15) is 0 Å². The van der Waals surface area contributed by atoms with Crippen molar-refractivity contribution in [3.63, 3.8) is 0 Å². The van der Waals surface area contributed by atoms with Gasteiger partial charge in [0.1, 0.15) is 0 Å². The Labute approximate surface area is 122 Å². The van der Waals surface area contributed by atoms with Crippen LogP contribution >= 0.6 is 15.9 Å². The average Bonchev–Trinajstić information content (AvgIpc) is 2.88. The summed E-state index contributed by atoms with van der Waals surface area (Å²) in [5.74, 6) is 0.0304. The number of halogens is 1. The van der Waals surface area contributed by atoms with Gasteiger partial charge in [-0.05, 0) is 25.0 Å². The molecule has 2 unspecified atom stereocenters. The van der Waals surface area contributed by atoms with Gasteiger partial charge in [0.2, 0.25) is 5.91 Å². The lowest BCUT2D eigenvalue weighted by Gasteiger charge is -2.18. The molecule has 0 spiro atoms. The van der Waals surface area contributed by atoms with Crippen molar-refractivity contribution in [3.05, 3.63) is 34.3 Å². The molecule has 0 bridgehead atoms. The fraction of sp³-hybridized carbons (Fsp3) is 0.500. The van der Waals surface area contributed by atoms with Crippen LogP contribution in [0.5, 0.6) is 0 Å². The highest BCUT2D eigenvalue weighted by Gasteiger charge is 2.30. The molecule has 5 heteroatoms. The SMILES string of the molecule is COC1CNC(C(=O)N[C@H](C)c2ccccc2Br)C1. The molecule has 0 saturated carbocycles. The Morgan fingerprint density at radius 1 is 1.53 bits per heavy atom. The van der Waals surface area contributed by atoms with Crippen LogP contribution in [0.1, 0.15) is 24.9 Å². The van der Waals surface area contributed by atoms with Crippen molar-refractivity contribution in [1.29, 1.82) is 0 Å². The van der Waals surface area contributed by atoms with Gasteiger partial charge in [-0.15, -0.1) is 0 Å². The zero-order valence-electron chi connectivity index (χ0n) is 11.2. The van der Waals surface area contributed by atoms with Gasteiger partial charge in [0.05, 0.1) is 18.2 Å². The molecular formula is C14H19BrN2O2. The van der Waals surface area contributed by atoms with E-state index in [1.54, 1.807) is 7.11 Å². The predicted molar refractivity (Wildman–Crippen MR) is 77.9 cm³/mol.